The maximum atomic E-state index is 13.2. The van der Waals surface area contributed by atoms with Crippen LogP contribution in [0.2, 0.25) is 0 Å². The number of hydrogen-bond acceptors (Lipinski definition) is 6. The molecule has 0 radical (unpaired) electrons. The summed E-state index contributed by atoms with van der Waals surface area (Å²) in [7, 11) is 0. The lowest BCUT2D eigenvalue weighted by Gasteiger charge is -2.14. The molecule has 9 nitrogen and oxygen atoms in total. The van der Waals surface area contributed by atoms with Gasteiger partial charge in [-0.3, -0.25) is 4.79 Å². The predicted octanol–water partition coefficient (Wildman–Crippen LogP) is 4.44. The summed E-state index contributed by atoms with van der Waals surface area (Å²) in [6, 6.07) is 9.24. The molecule has 1 aromatic carbocycles. The number of rotatable bonds is 6. The molecule has 3 aromatic heterocycles. The quantitative estimate of drug-likeness (QED) is 0.415. The fourth-order valence-electron chi connectivity index (χ4n) is 4.23. The summed E-state index contributed by atoms with van der Waals surface area (Å²) >= 11 is 0. The first-order chi connectivity index (χ1) is 16.3. The number of nitrogens with one attached hydrogen (secondary N) is 1. The number of nitrogens with zero attached hydrogens (tertiary/aromatic N) is 6. The van der Waals surface area contributed by atoms with Crippen molar-refractivity contribution in [3.05, 3.63) is 65.5 Å². The van der Waals surface area contributed by atoms with Gasteiger partial charge in [-0.1, -0.05) is 6.07 Å². The summed E-state index contributed by atoms with van der Waals surface area (Å²) in [6.45, 7) is 8.02. The highest BCUT2D eigenvalue weighted by Gasteiger charge is 2.26. The van der Waals surface area contributed by atoms with Crippen molar-refractivity contribution >= 4 is 17.4 Å². The summed E-state index contributed by atoms with van der Waals surface area (Å²) in [5, 5.41) is 11.4. The number of carbonyl (C=O) groups is 1. The molecule has 1 aliphatic carbocycles. The van der Waals surface area contributed by atoms with Crippen LogP contribution >= 0.6 is 0 Å². The van der Waals surface area contributed by atoms with Crippen LogP contribution in [0.5, 0.6) is 0 Å². The zero-order valence-electron chi connectivity index (χ0n) is 19.8. The van der Waals surface area contributed by atoms with Crippen molar-refractivity contribution in [2.24, 2.45) is 0 Å². The standard InChI is InChI=1S/C25H28N8O/c1-14(2)33-16(4)30-31-24(33)20-6-5-7-23(28-20)29-25(34)18-11-22(15(3)10-19(18)26)32-12-21(27-13-32)17-8-9-17/h5-7,10-14,17H,8-9,26H2,1-4H3,(H,28,29,34). The van der Waals surface area contributed by atoms with Gasteiger partial charge in [0.1, 0.15) is 17.3 Å². The zero-order chi connectivity index (χ0) is 24.0. The lowest BCUT2D eigenvalue weighted by Crippen LogP contribution is -2.16. The fraction of sp³-hybridized carbons (Fsp3) is 0.320. The molecule has 0 atom stereocenters. The second-order valence-corrected chi connectivity index (χ2v) is 9.10. The van der Waals surface area contributed by atoms with Gasteiger partial charge in [0, 0.05) is 23.8 Å². The minimum absolute atomic E-state index is 0.180. The molecule has 0 saturated heterocycles. The van der Waals surface area contributed by atoms with Crippen molar-refractivity contribution < 1.29 is 4.79 Å². The van der Waals surface area contributed by atoms with Crippen LogP contribution in [-0.4, -0.2) is 35.2 Å². The number of aryl methyl sites for hydroxylation is 2. The largest absolute Gasteiger partial charge is 0.398 e. The number of anilines is 2. The Morgan fingerprint density at radius 3 is 2.71 bits per heavy atom. The van der Waals surface area contributed by atoms with Crippen molar-refractivity contribution in [1.29, 1.82) is 0 Å². The van der Waals surface area contributed by atoms with Crippen LogP contribution in [0, 0.1) is 13.8 Å². The number of benzene rings is 1. The van der Waals surface area contributed by atoms with Gasteiger partial charge in [-0.15, -0.1) is 10.2 Å². The Bertz CT molecular complexity index is 1380. The van der Waals surface area contributed by atoms with E-state index in [-0.39, 0.29) is 11.9 Å². The Morgan fingerprint density at radius 1 is 1.18 bits per heavy atom. The number of nitrogens with two attached hydrogens (primary N) is 1. The Hall–Kier alpha value is -4.01. The average molecular weight is 457 g/mol. The Balaban J connectivity index is 1.43. The molecule has 1 fully saturated rings. The Labute approximate surface area is 198 Å². The lowest BCUT2D eigenvalue weighted by atomic mass is 10.1. The third-order valence-electron chi connectivity index (χ3n) is 6.09. The van der Waals surface area contributed by atoms with Gasteiger partial charge >= 0.3 is 0 Å². The first-order valence-electron chi connectivity index (χ1n) is 11.5. The van der Waals surface area contributed by atoms with E-state index in [0.29, 0.717) is 34.5 Å². The van der Waals surface area contributed by atoms with E-state index in [1.165, 1.54) is 12.8 Å². The van der Waals surface area contributed by atoms with E-state index in [0.717, 1.165) is 22.8 Å². The summed E-state index contributed by atoms with van der Waals surface area (Å²) in [5.41, 5.74) is 10.6. The molecule has 174 valence electrons. The van der Waals surface area contributed by atoms with E-state index >= 15 is 0 Å². The second-order valence-electron chi connectivity index (χ2n) is 9.10. The van der Waals surface area contributed by atoms with Gasteiger partial charge in [-0.2, -0.15) is 0 Å². The molecule has 34 heavy (non-hydrogen) atoms. The van der Waals surface area contributed by atoms with Crippen molar-refractivity contribution in [2.75, 3.05) is 11.1 Å². The number of amides is 1. The monoisotopic (exact) mass is 456 g/mol. The van der Waals surface area contributed by atoms with E-state index in [1.54, 1.807) is 18.5 Å². The number of imidazole rings is 1. The Kier molecular flexibility index (Phi) is 5.39. The third kappa shape index (κ3) is 4.05. The van der Waals surface area contributed by atoms with Crippen molar-refractivity contribution in [1.82, 2.24) is 29.3 Å². The molecule has 5 rings (SSSR count). The molecular formula is C25H28N8O. The topological polar surface area (TPSA) is 117 Å². The van der Waals surface area contributed by atoms with Gasteiger partial charge in [-0.05, 0) is 70.4 Å². The van der Waals surface area contributed by atoms with Crippen LogP contribution < -0.4 is 11.1 Å². The smallest absolute Gasteiger partial charge is 0.258 e. The number of nitrogen functional groups attached to an aromatic ring is 1. The molecule has 0 aliphatic heterocycles. The van der Waals surface area contributed by atoms with Gasteiger partial charge in [0.15, 0.2) is 5.82 Å². The summed E-state index contributed by atoms with van der Waals surface area (Å²) < 4.78 is 3.97. The predicted molar refractivity (Wildman–Crippen MR) is 131 cm³/mol. The Morgan fingerprint density at radius 2 is 1.97 bits per heavy atom. The van der Waals surface area contributed by atoms with E-state index in [2.05, 4.69) is 39.3 Å². The maximum absolute atomic E-state index is 13.2. The maximum Gasteiger partial charge on any atom is 0.258 e. The molecule has 1 aliphatic rings. The molecule has 0 unspecified atom stereocenters. The van der Waals surface area contributed by atoms with Crippen LogP contribution in [0.3, 0.4) is 0 Å². The van der Waals surface area contributed by atoms with Gasteiger partial charge in [0.2, 0.25) is 0 Å². The van der Waals surface area contributed by atoms with Gasteiger partial charge in [0.25, 0.3) is 5.91 Å². The molecule has 0 spiro atoms. The molecule has 3 heterocycles. The third-order valence-corrected chi connectivity index (χ3v) is 6.09. The van der Waals surface area contributed by atoms with Gasteiger partial charge in [0.05, 0.1) is 23.3 Å². The fourth-order valence-corrected chi connectivity index (χ4v) is 4.23. The molecular weight excluding hydrogens is 428 g/mol. The number of hydrogen-bond donors (Lipinski definition) is 2. The highest BCUT2D eigenvalue weighted by Crippen LogP contribution is 2.39. The van der Waals surface area contributed by atoms with Crippen LogP contribution in [0.1, 0.15) is 66.1 Å². The highest BCUT2D eigenvalue weighted by molar-refractivity contribution is 6.08. The molecule has 1 saturated carbocycles. The number of aromatic nitrogens is 6. The van der Waals surface area contributed by atoms with Gasteiger partial charge < -0.3 is 20.2 Å². The van der Waals surface area contributed by atoms with Crippen molar-refractivity contribution in [3.63, 3.8) is 0 Å². The first-order valence-corrected chi connectivity index (χ1v) is 11.5. The first kappa shape index (κ1) is 21.8. The van der Waals surface area contributed by atoms with Gasteiger partial charge in [-0.25, -0.2) is 9.97 Å². The SMILES string of the molecule is Cc1cc(N)c(C(=O)Nc2cccc(-c3nnc(C)n3C(C)C)n2)cc1-n1cnc(C2CC2)c1. The summed E-state index contributed by atoms with van der Waals surface area (Å²) in [4.78, 5) is 22.3. The lowest BCUT2D eigenvalue weighted by molar-refractivity contribution is 0.102. The van der Waals surface area contributed by atoms with E-state index in [1.807, 2.05) is 47.4 Å². The molecule has 9 heteroatoms. The van der Waals surface area contributed by atoms with Crippen LogP contribution in [0.15, 0.2) is 42.9 Å². The van der Waals surface area contributed by atoms with E-state index < -0.39 is 0 Å². The van der Waals surface area contributed by atoms with Crippen molar-refractivity contribution in [2.45, 2.75) is 52.5 Å². The summed E-state index contributed by atoms with van der Waals surface area (Å²) in [6.07, 6.45) is 6.20. The number of carbonyl (C=O) groups excluding carboxylic acids is 1. The summed E-state index contributed by atoms with van der Waals surface area (Å²) in [5.74, 6) is 2.12. The normalized spacial score (nSPS) is 13.4. The molecule has 0 bridgehead atoms. The van der Waals surface area contributed by atoms with E-state index in [9.17, 15) is 4.79 Å². The minimum atomic E-state index is -0.326. The second kappa shape index (κ2) is 8.40. The zero-order valence-corrected chi connectivity index (χ0v) is 19.8. The van der Waals surface area contributed by atoms with Crippen LogP contribution in [-0.2, 0) is 0 Å². The van der Waals surface area contributed by atoms with Crippen LogP contribution in [0.25, 0.3) is 17.2 Å². The molecule has 1 amide bonds. The van der Waals surface area contributed by atoms with Crippen LogP contribution in [0.4, 0.5) is 11.5 Å². The van der Waals surface area contributed by atoms with Crippen molar-refractivity contribution in [3.8, 4) is 17.2 Å². The molecule has 4 aromatic rings. The molecule has 3 N–H and O–H groups in total. The minimum Gasteiger partial charge on any atom is -0.398 e. The van der Waals surface area contributed by atoms with E-state index in [4.69, 9.17) is 5.73 Å². The average Bonchev–Trinajstić information content (AvgIpc) is 3.39. The number of pyridine rings is 1. The highest BCUT2D eigenvalue weighted by atomic mass is 16.1.